The first-order valence-electron chi connectivity index (χ1n) is 3.74. The van der Waals surface area contributed by atoms with E-state index in [9.17, 15) is 5.11 Å². The van der Waals surface area contributed by atoms with Gasteiger partial charge in [0.2, 0.25) is 0 Å². The molecule has 1 aliphatic heterocycles. The summed E-state index contributed by atoms with van der Waals surface area (Å²) in [6.45, 7) is 2.68. The van der Waals surface area contributed by atoms with Crippen LogP contribution in [-0.4, -0.2) is 11.7 Å². The predicted octanol–water partition coefficient (Wildman–Crippen LogP) is 1.06. The van der Waals surface area contributed by atoms with E-state index in [1.807, 2.05) is 11.4 Å². The smallest absolute Gasteiger partial charge is 0.140 e. The van der Waals surface area contributed by atoms with Crippen LogP contribution >= 0.6 is 11.3 Å². The van der Waals surface area contributed by atoms with Crippen molar-refractivity contribution >= 4 is 11.3 Å². The van der Waals surface area contributed by atoms with E-state index in [1.165, 1.54) is 4.88 Å². The summed E-state index contributed by atoms with van der Waals surface area (Å²) < 4.78 is 0. The second kappa shape index (κ2) is 2.30. The summed E-state index contributed by atoms with van der Waals surface area (Å²) in [7, 11) is 0. The summed E-state index contributed by atoms with van der Waals surface area (Å²) in [5, 5.41) is 14.9. The van der Waals surface area contributed by atoms with Gasteiger partial charge < -0.3 is 5.11 Å². The van der Waals surface area contributed by atoms with Crippen molar-refractivity contribution in [3.05, 3.63) is 21.9 Å². The first kappa shape index (κ1) is 7.28. The summed E-state index contributed by atoms with van der Waals surface area (Å²) in [6, 6.07) is 1.99. The van der Waals surface area contributed by atoms with E-state index in [-0.39, 0.29) is 0 Å². The fourth-order valence-corrected chi connectivity index (χ4v) is 2.46. The molecule has 2 heterocycles. The van der Waals surface area contributed by atoms with Crippen molar-refractivity contribution in [2.24, 2.45) is 0 Å². The maximum absolute atomic E-state index is 9.81. The molecule has 0 saturated carbocycles. The van der Waals surface area contributed by atoms with Crippen molar-refractivity contribution < 1.29 is 5.11 Å². The Morgan fingerprint density at radius 1 is 1.73 bits per heavy atom. The molecule has 2 N–H and O–H groups in total. The lowest BCUT2D eigenvalue weighted by Gasteiger charge is -2.29. The number of rotatable bonds is 0. The van der Waals surface area contributed by atoms with E-state index in [1.54, 1.807) is 18.3 Å². The molecular formula is C8H11NOS. The minimum atomic E-state index is -0.798. The summed E-state index contributed by atoms with van der Waals surface area (Å²) in [5.41, 5.74) is 0.252. The molecule has 3 heteroatoms. The highest BCUT2D eigenvalue weighted by Gasteiger charge is 2.29. The highest BCUT2D eigenvalue weighted by atomic mass is 32.1. The Kier molecular flexibility index (Phi) is 1.52. The zero-order valence-electron chi connectivity index (χ0n) is 6.42. The predicted molar refractivity (Wildman–Crippen MR) is 45.6 cm³/mol. The van der Waals surface area contributed by atoms with E-state index >= 15 is 0 Å². The van der Waals surface area contributed by atoms with Crippen molar-refractivity contribution in [2.45, 2.75) is 19.1 Å². The van der Waals surface area contributed by atoms with E-state index in [2.05, 4.69) is 5.32 Å². The monoisotopic (exact) mass is 169 g/mol. The summed E-state index contributed by atoms with van der Waals surface area (Å²) in [4.78, 5) is 1.31. The van der Waals surface area contributed by atoms with Gasteiger partial charge in [-0.2, -0.15) is 0 Å². The maximum Gasteiger partial charge on any atom is 0.140 e. The standard InChI is InChI=1S/C8H11NOS/c1-8(10)6-3-5-11-7(6)2-4-9-8/h3,5,9-10H,2,4H2,1H3/t8-/m0/s1. The molecule has 0 aromatic carbocycles. The van der Waals surface area contributed by atoms with Crippen molar-refractivity contribution in [2.75, 3.05) is 6.54 Å². The molecule has 11 heavy (non-hydrogen) atoms. The Morgan fingerprint density at radius 2 is 2.55 bits per heavy atom. The molecule has 0 fully saturated rings. The largest absolute Gasteiger partial charge is 0.372 e. The molecule has 1 aliphatic rings. The Hall–Kier alpha value is -0.380. The average molecular weight is 169 g/mol. The van der Waals surface area contributed by atoms with Crippen LogP contribution in [0.4, 0.5) is 0 Å². The number of hydrogen-bond acceptors (Lipinski definition) is 3. The second-order valence-electron chi connectivity index (χ2n) is 3.01. The van der Waals surface area contributed by atoms with Gasteiger partial charge in [0.15, 0.2) is 0 Å². The SMILES string of the molecule is C[C@@]1(O)NCCc2sccc21. The van der Waals surface area contributed by atoms with Gasteiger partial charge in [0, 0.05) is 17.0 Å². The molecule has 60 valence electrons. The average Bonchev–Trinajstić information content (AvgIpc) is 2.34. The minimum absolute atomic E-state index is 0.798. The van der Waals surface area contributed by atoms with E-state index in [4.69, 9.17) is 0 Å². The van der Waals surface area contributed by atoms with Crippen molar-refractivity contribution in [1.82, 2.24) is 5.32 Å². The molecule has 0 saturated heterocycles. The third-order valence-corrected chi connectivity index (χ3v) is 3.07. The van der Waals surface area contributed by atoms with Gasteiger partial charge in [0.1, 0.15) is 5.72 Å². The highest BCUT2D eigenvalue weighted by molar-refractivity contribution is 7.10. The van der Waals surface area contributed by atoms with Crippen LogP contribution in [0.25, 0.3) is 0 Å². The summed E-state index contributed by atoms with van der Waals surface area (Å²) in [5.74, 6) is 0. The van der Waals surface area contributed by atoms with Gasteiger partial charge in [-0.25, -0.2) is 0 Å². The first-order chi connectivity index (χ1) is 5.20. The molecule has 0 bridgehead atoms. The van der Waals surface area contributed by atoms with Crippen LogP contribution < -0.4 is 5.32 Å². The number of thiophene rings is 1. The topological polar surface area (TPSA) is 32.3 Å². The maximum atomic E-state index is 9.81. The quantitative estimate of drug-likeness (QED) is 0.608. The van der Waals surface area contributed by atoms with Crippen LogP contribution in [0.15, 0.2) is 11.4 Å². The van der Waals surface area contributed by atoms with Gasteiger partial charge in [-0.3, -0.25) is 5.32 Å². The molecule has 0 spiro atoms. The molecule has 1 aromatic rings. The highest BCUT2D eigenvalue weighted by Crippen LogP contribution is 2.29. The molecule has 0 unspecified atom stereocenters. The minimum Gasteiger partial charge on any atom is -0.372 e. The van der Waals surface area contributed by atoms with E-state index in [0.717, 1.165) is 18.5 Å². The van der Waals surface area contributed by atoms with Crippen molar-refractivity contribution in [3.8, 4) is 0 Å². The Balaban J connectivity index is 2.48. The van der Waals surface area contributed by atoms with Crippen LogP contribution in [0.5, 0.6) is 0 Å². The Labute approximate surface area is 69.9 Å². The van der Waals surface area contributed by atoms with Crippen LogP contribution in [-0.2, 0) is 12.1 Å². The lowest BCUT2D eigenvalue weighted by Crippen LogP contribution is -2.43. The fourth-order valence-electron chi connectivity index (χ4n) is 1.48. The van der Waals surface area contributed by atoms with E-state index in [0.29, 0.717) is 0 Å². The fraction of sp³-hybridized carbons (Fsp3) is 0.500. The molecule has 0 amide bonds. The van der Waals surface area contributed by atoms with Crippen LogP contribution in [0.1, 0.15) is 17.4 Å². The van der Waals surface area contributed by atoms with Crippen LogP contribution in [0.3, 0.4) is 0 Å². The van der Waals surface area contributed by atoms with Crippen LogP contribution in [0, 0.1) is 0 Å². The number of fused-ring (bicyclic) bond motifs is 1. The van der Waals surface area contributed by atoms with Gasteiger partial charge in [0.05, 0.1) is 0 Å². The zero-order valence-corrected chi connectivity index (χ0v) is 7.24. The molecule has 1 aromatic heterocycles. The molecule has 1 atom stereocenters. The van der Waals surface area contributed by atoms with Crippen molar-refractivity contribution in [1.29, 1.82) is 0 Å². The lowest BCUT2D eigenvalue weighted by molar-refractivity contribution is 0.0147. The summed E-state index contributed by atoms with van der Waals surface area (Å²) >= 11 is 1.73. The lowest BCUT2D eigenvalue weighted by atomic mass is 10.0. The van der Waals surface area contributed by atoms with Gasteiger partial charge >= 0.3 is 0 Å². The van der Waals surface area contributed by atoms with E-state index < -0.39 is 5.72 Å². The van der Waals surface area contributed by atoms with Gasteiger partial charge in [-0.15, -0.1) is 11.3 Å². The van der Waals surface area contributed by atoms with Gasteiger partial charge in [-0.05, 0) is 24.8 Å². The molecule has 0 aliphatic carbocycles. The van der Waals surface area contributed by atoms with Crippen LogP contribution in [0.2, 0.25) is 0 Å². The third kappa shape index (κ3) is 1.09. The Morgan fingerprint density at radius 3 is 3.27 bits per heavy atom. The second-order valence-corrected chi connectivity index (χ2v) is 4.01. The third-order valence-electron chi connectivity index (χ3n) is 2.09. The molecular weight excluding hydrogens is 158 g/mol. The molecule has 0 radical (unpaired) electrons. The van der Waals surface area contributed by atoms with Crippen molar-refractivity contribution in [3.63, 3.8) is 0 Å². The Bertz CT molecular complexity index is 267. The normalized spacial score (nSPS) is 30.0. The molecule has 2 rings (SSSR count). The zero-order chi connectivity index (χ0) is 7.90. The summed E-state index contributed by atoms with van der Waals surface area (Å²) in [6.07, 6.45) is 1.04. The van der Waals surface area contributed by atoms with Gasteiger partial charge in [0.25, 0.3) is 0 Å². The first-order valence-corrected chi connectivity index (χ1v) is 4.62. The number of hydrogen-bond donors (Lipinski definition) is 2. The number of aliphatic hydroxyl groups is 1. The number of nitrogens with one attached hydrogen (secondary N) is 1. The molecule has 2 nitrogen and oxygen atoms in total. The van der Waals surface area contributed by atoms with Gasteiger partial charge in [-0.1, -0.05) is 0 Å².